The number of halogens is 1. The Hall–Kier alpha value is -3.31. The molecule has 5 nitrogen and oxygen atoms in total. The van der Waals surface area contributed by atoms with Crippen molar-refractivity contribution in [1.29, 1.82) is 0 Å². The number of hydrogen-bond donors (Lipinski definition) is 2. The van der Waals surface area contributed by atoms with Crippen LogP contribution in [0.15, 0.2) is 54.6 Å². The normalized spacial score (nSPS) is 15.7. The summed E-state index contributed by atoms with van der Waals surface area (Å²) in [5.41, 5.74) is 3.26. The largest absolute Gasteiger partial charge is 0.507 e. The van der Waals surface area contributed by atoms with Gasteiger partial charge in [0.2, 0.25) is 0 Å². The third kappa shape index (κ3) is 2.70. The number of phenols is 1. The minimum absolute atomic E-state index is 0.0340. The smallest absolute Gasteiger partial charge is 0.274 e. The maximum absolute atomic E-state index is 13.5. The van der Waals surface area contributed by atoms with Crippen molar-refractivity contribution >= 4 is 50.7 Å². The Labute approximate surface area is 177 Å². The predicted molar refractivity (Wildman–Crippen MR) is 119 cm³/mol. The number of phenolic OH excluding ortho intramolecular Hbond substituents is 1. The number of benzene rings is 3. The molecule has 0 fully saturated rings. The molecule has 6 heteroatoms. The summed E-state index contributed by atoms with van der Waals surface area (Å²) in [4.78, 5) is 30.2. The van der Waals surface area contributed by atoms with E-state index in [0.717, 1.165) is 21.7 Å². The number of rotatable bonds is 3. The van der Waals surface area contributed by atoms with Gasteiger partial charge in [-0.05, 0) is 30.0 Å². The van der Waals surface area contributed by atoms with Gasteiger partial charge in [-0.2, -0.15) is 0 Å². The topological polar surface area (TPSA) is 73.4 Å². The second kappa shape index (κ2) is 6.89. The van der Waals surface area contributed by atoms with Crippen LogP contribution in [0, 0.1) is 0 Å². The lowest BCUT2D eigenvalue weighted by molar-refractivity contribution is 0.0981. The Balaban J connectivity index is 1.65. The summed E-state index contributed by atoms with van der Waals surface area (Å²) in [5.74, 6) is 0.184. The molecule has 0 aliphatic carbocycles. The van der Waals surface area contributed by atoms with Gasteiger partial charge >= 0.3 is 0 Å². The van der Waals surface area contributed by atoms with Gasteiger partial charge in [0.15, 0.2) is 5.78 Å². The number of H-pyrrole nitrogens is 1. The van der Waals surface area contributed by atoms with E-state index in [-0.39, 0.29) is 23.4 Å². The van der Waals surface area contributed by atoms with Gasteiger partial charge in [-0.3, -0.25) is 9.59 Å². The van der Waals surface area contributed by atoms with Crippen molar-refractivity contribution in [2.24, 2.45) is 0 Å². The zero-order valence-corrected chi connectivity index (χ0v) is 17.0. The lowest BCUT2D eigenvalue weighted by Gasteiger charge is -2.17. The van der Waals surface area contributed by atoms with Crippen molar-refractivity contribution in [2.45, 2.75) is 12.8 Å². The fourth-order valence-corrected chi connectivity index (χ4v) is 4.71. The molecule has 0 bridgehead atoms. The molecule has 2 heterocycles. The number of aromatic amines is 1. The first-order chi connectivity index (χ1) is 14.5. The van der Waals surface area contributed by atoms with Crippen LogP contribution < -0.4 is 4.90 Å². The summed E-state index contributed by atoms with van der Waals surface area (Å²) in [7, 11) is 0. The highest BCUT2D eigenvalue weighted by atomic mass is 35.5. The summed E-state index contributed by atoms with van der Waals surface area (Å²) in [5, 5.41) is 13.0. The predicted octanol–water partition coefficient (Wildman–Crippen LogP) is 5.21. The average molecular weight is 419 g/mol. The molecule has 150 valence electrons. The van der Waals surface area contributed by atoms with Crippen molar-refractivity contribution in [1.82, 2.24) is 4.98 Å². The number of Topliss-reactive ketones (excluding diaryl/α,β-unsaturated/α-hetero) is 1. The van der Waals surface area contributed by atoms with Gasteiger partial charge in [-0.1, -0.05) is 36.4 Å². The molecule has 1 unspecified atom stereocenters. The fraction of sp³-hybridized carbons (Fsp3) is 0.167. The van der Waals surface area contributed by atoms with E-state index in [1.807, 2.05) is 30.3 Å². The van der Waals surface area contributed by atoms with E-state index >= 15 is 0 Å². The van der Waals surface area contributed by atoms with E-state index in [2.05, 4.69) is 4.98 Å². The molecule has 2 N–H and O–H groups in total. The third-order valence-corrected chi connectivity index (χ3v) is 6.21. The van der Waals surface area contributed by atoms with Gasteiger partial charge in [0, 0.05) is 40.7 Å². The molecule has 5 rings (SSSR count). The first-order valence-electron chi connectivity index (χ1n) is 9.74. The van der Waals surface area contributed by atoms with Crippen LogP contribution in [-0.2, 0) is 0 Å². The van der Waals surface area contributed by atoms with Crippen LogP contribution in [0.4, 0.5) is 5.69 Å². The van der Waals surface area contributed by atoms with E-state index in [1.54, 1.807) is 29.2 Å². The molecule has 3 aromatic carbocycles. The molecule has 1 aliphatic rings. The lowest BCUT2D eigenvalue weighted by atomic mass is 9.95. The summed E-state index contributed by atoms with van der Waals surface area (Å²) in [6.45, 7) is 1.94. The van der Waals surface area contributed by atoms with E-state index in [4.69, 9.17) is 11.6 Å². The standard InChI is InChI=1S/C24H19ClN2O3/c1-13(28)16-8-4-5-14-9-19(26-23(14)16)24(30)27-12-15(11-25)22-18-7-3-2-6-17(18)21(29)10-20(22)27/h2-10,15,26,29H,11-12H2,1H3. The molecule has 4 aromatic rings. The quantitative estimate of drug-likeness (QED) is 0.354. The van der Waals surface area contributed by atoms with Crippen molar-refractivity contribution in [3.63, 3.8) is 0 Å². The highest BCUT2D eigenvalue weighted by Gasteiger charge is 2.35. The Morgan fingerprint density at radius 1 is 1.13 bits per heavy atom. The van der Waals surface area contributed by atoms with E-state index in [1.165, 1.54) is 6.92 Å². The Kier molecular flexibility index (Phi) is 4.29. The highest BCUT2D eigenvalue weighted by molar-refractivity contribution is 6.19. The molecule has 1 aromatic heterocycles. The molecular formula is C24H19ClN2O3. The molecule has 0 spiro atoms. The van der Waals surface area contributed by atoms with Crippen LogP contribution >= 0.6 is 11.6 Å². The minimum Gasteiger partial charge on any atom is -0.507 e. The fourth-order valence-electron chi connectivity index (χ4n) is 4.46. The number of carbonyl (C=O) groups excluding carboxylic acids is 2. The number of hydrogen-bond acceptors (Lipinski definition) is 3. The van der Waals surface area contributed by atoms with Gasteiger partial charge in [-0.15, -0.1) is 11.6 Å². The number of aromatic nitrogens is 1. The van der Waals surface area contributed by atoms with Crippen LogP contribution in [0.5, 0.6) is 5.75 Å². The number of carbonyl (C=O) groups is 2. The second-order valence-corrected chi connectivity index (χ2v) is 7.96. The van der Waals surface area contributed by atoms with Crippen molar-refractivity contribution in [3.8, 4) is 5.75 Å². The summed E-state index contributed by atoms with van der Waals surface area (Å²) in [6.07, 6.45) is 0. The van der Waals surface area contributed by atoms with Crippen LogP contribution in [0.2, 0.25) is 0 Å². The number of alkyl halides is 1. The molecule has 0 radical (unpaired) electrons. The van der Waals surface area contributed by atoms with Crippen LogP contribution in [0.25, 0.3) is 21.7 Å². The Morgan fingerprint density at radius 3 is 2.63 bits per heavy atom. The number of para-hydroxylation sites is 1. The third-order valence-electron chi connectivity index (χ3n) is 5.84. The maximum atomic E-state index is 13.5. The maximum Gasteiger partial charge on any atom is 0.274 e. The SMILES string of the molecule is CC(=O)c1cccc2cc(C(=O)N3CC(CCl)c4c3cc(O)c3ccccc43)[nH]c12. The zero-order chi connectivity index (χ0) is 21.0. The van der Waals surface area contributed by atoms with Gasteiger partial charge in [0.1, 0.15) is 11.4 Å². The first kappa shape index (κ1) is 18.7. The number of fused-ring (bicyclic) bond motifs is 4. The molecule has 0 saturated carbocycles. The summed E-state index contributed by atoms with van der Waals surface area (Å²) in [6, 6.07) is 16.4. The van der Waals surface area contributed by atoms with Gasteiger partial charge in [-0.25, -0.2) is 0 Å². The van der Waals surface area contributed by atoms with Crippen LogP contribution in [0.1, 0.15) is 39.3 Å². The number of nitrogens with zero attached hydrogens (tertiary/aromatic N) is 1. The number of nitrogens with one attached hydrogen (secondary N) is 1. The highest BCUT2D eigenvalue weighted by Crippen LogP contribution is 2.45. The molecule has 1 atom stereocenters. The lowest BCUT2D eigenvalue weighted by Crippen LogP contribution is -2.30. The molecule has 1 aliphatic heterocycles. The minimum atomic E-state index is -0.218. The van der Waals surface area contributed by atoms with Gasteiger partial charge in [0.25, 0.3) is 5.91 Å². The van der Waals surface area contributed by atoms with Gasteiger partial charge in [0.05, 0.1) is 11.2 Å². The zero-order valence-electron chi connectivity index (χ0n) is 16.3. The van der Waals surface area contributed by atoms with Crippen molar-refractivity contribution in [2.75, 3.05) is 17.3 Å². The molecule has 1 amide bonds. The summed E-state index contributed by atoms with van der Waals surface area (Å²) >= 11 is 6.27. The second-order valence-electron chi connectivity index (χ2n) is 7.65. The average Bonchev–Trinajstić information content (AvgIpc) is 3.34. The van der Waals surface area contributed by atoms with E-state index in [0.29, 0.717) is 34.9 Å². The molecule has 30 heavy (non-hydrogen) atoms. The first-order valence-corrected chi connectivity index (χ1v) is 10.3. The number of aromatic hydroxyl groups is 1. The van der Waals surface area contributed by atoms with Gasteiger partial charge < -0.3 is 15.0 Å². The van der Waals surface area contributed by atoms with Crippen molar-refractivity contribution < 1.29 is 14.7 Å². The number of anilines is 1. The monoisotopic (exact) mass is 418 g/mol. The molecular weight excluding hydrogens is 400 g/mol. The van der Waals surface area contributed by atoms with Crippen molar-refractivity contribution in [3.05, 3.63) is 71.4 Å². The van der Waals surface area contributed by atoms with E-state index < -0.39 is 0 Å². The Bertz CT molecular complexity index is 1340. The molecule has 0 saturated heterocycles. The van der Waals surface area contributed by atoms with Crippen LogP contribution in [0.3, 0.4) is 0 Å². The summed E-state index contributed by atoms with van der Waals surface area (Å²) < 4.78 is 0. The number of amides is 1. The van der Waals surface area contributed by atoms with Crippen LogP contribution in [-0.4, -0.2) is 34.2 Å². The Morgan fingerprint density at radius 2 is 1.90 bits per heavy atom. The number of ketones is 1. The van der Waals surface area contributed by atoms with E-state index in [9.17, 15) is 14.7 Å².